The maximum atomic E-state index is 11.5. The number of fused-ring (bicyclic) bond motifs is 1. The molecule has 3 rings (SSSR count). The molecule has 0 aliphatic heterocycles. The average molecular weight is 268 g/mol. The Balaban J connectivity index is 2.30. The third-order valence-electron chi connectivity index (χ3n) is 3.60. The molecule has 2 heterocycles. The van der Waals surface area contributed by atoms with E-state index in [9.17, 15) is 4.79 Å². The van der Waals surface area contributed by atoms with Gasteiger partial charge in [-0.1, -0.05) is 0 Å². The average Bonchev–Trinajstić information content (AvgIpc) is 2.90. The molecule has 5 nitrogen and oxygen atoms in total. The molecule has 2 aromatic heterocycles. The Hall–Kier alpha value is -2.56. The van der Waals surface area contributed by atoms with E-state index in [2.05, 4.69) is 35.6 Å². The smallest absolute Gasteiger partial charge is 0.269 e. The Morgan fingerprint density at radius 3 is 2.40 bits per heavy atom. The van der Waals surface area contributed by atoms with Crippen LogP contribution in [0.3, 0.4) is 0 Å². The Morgan fingerprint density at radius 2 is 1.80 bits per heavy atom. The lowest BCUT2D eigenvalue weighted by atomic mass is 10.1. The number of nitrogens with zero attached hydrogens (tertiary/aromatic N) is 3. The van der Waals surface area contributed by atoms with Crippen molar-refractivity contribution in [3.05, 3.63) is 47.4 Å². The zero-order chi connectivity index (χ0) is 14.4. The maximum absolute atomic E-state index is 11.5. The summed E-state index contributed by atoms with van der Waals surface area (Å²) in [5.74, 6) is -0.506. The highest BCUT2D eigenvalue weighted by molar-refractivity contribution is 6.04. The van der Waals surface area contributed by atoms with Crippen LogP contribution in [0.5, 0.6) is 0 Å². The molecule has 0 saturated heterocycles. The molecule has 0 atom stereocenters. The fourth-order valence-corrected chi connectivity index (χ4v) is 2.65. The minimum absolute atomic E-state index is 0.312. The first-order valence-electron chi connectivity index (χ1n) is 6.41. The first kappa shape index (κ1) is 12.5. The molecule has 0 radical (unpaired) electrons. The molecule has 3 aromatic rings. The standard InChI is InChI=1S/C15H16N4O/c1-9-4-5-10(2)19(9)11-6-7-13-12(8-11)14(15(16)20)17-18(13)3/h4-8H,1-3H3,(H2,16,20). The highest BCUT2D eigenvalue weighted by atomic mass is 16.1. The number of aromatic nitrogens is 3. The highest BCUT2D eigenvalue weighted by Crippen LogP contribution is 2.24. The number of hydrogen-bond acceptors (Lipinski definition) is 2. The van der Waals surface area contributed by atoms with E-state index in [0.29, 0.717) is 5.69 Å². The summed E-state index contributed by atoms with van der Waals surface area (Å²) in [7, 11) is 1.81. The van der Waals surface area contributed by atoms with Gasteiger partial charge in [-0.25, -0.2) is 0 Å². The third kappa shape index (κ3) is 1.71. The van der Waals surface area contributed by atoms with Gasteiger partial charge in [0.15, 0.2) is 5.69 Å². The largest absolute Gasteiger partial charge is 0.364 e. The van der Waals surface area contributed by atoms with Gasteiger partial charge in [-0.2, -0.15) is 5.10 Å². The second-order valence-corrected chi connectivity index (χ2v) is 4.99. The van der Waals surface area contributed by atoms with Gasteiger partial charge in [-0.3, -0.25) is 9.48 Å². The summed E-state index contributed by atoms with van der Waals surface area (Å²) >= 11 is 0. The van der Waals surface area contributed by atoms with Gasteiger partial charge in [0.1, 0.15) is 0 Å². The number of hydrogen-bond donors (Lipinski definition) is 1. The van der Waals surface area contributed by atoms with E-state index >= 15 is 0 Å². The number of carbonyl (C=O) groups excluding carboxylic acids is 1. The van der Waals surface area contributed by atoms with Crippen molar-refractivity contribution in [3.63, 3.8) is 0 Å². The van der Waals surface area contributed by atoms with Gasteiger partial charge < -0.3 is 10.3 Å². The molecule has 1 amide bonds. The van der Waals surface area contributed by atoms with Crippen molar-refractivity contribution >= 4 is 16.8 Å². The summed E-state index contributed by atoms with van der Waals surface area (Å²) in [6.45, 7) is 4.10. The van der Waals surface area contributed by atoms with E-state index in [1.54, 1.807) is 11.7 Å². The second-order valence-electron chi connectivity index (χ2n) is 4.99. The number of nitrogens with two attached hydrogens (primary N) is 1. The minimum Gasteiger partial charge on any atom is -0.364 e. The van der Waals surface area contributed by atoms with E-state index in [0.717, 1.165) is 28.0 Å². The number of benzene rings is 1. The molecule has 0 unspecified atom stereocenters. The quantitative estimate of drug-likeness (QED) is 0.773. The van der Waals surface area contributed by atoms with Gasteiger partial charge in [0, 0.05) is 29.5 Å². The number of amides is 1. The van der Waals surface area contributed by atoms with Crippen LogP contribution in [0.15, 0.2) is 30.3 Å². The van der Waals surface area contributed by atoms with Crippen LogP contribution in [0, 0.1) is 13.8 Å². The predicted octanol–water partition coefficient (Wildman–Crippen LogP) is 2.08. The molecule has 1 aromatic carbocycles. The fraction of sp³-hybridized carbons (Fsp3) is 0.200. The molecule has 0 spiro atoms. The van der Waals surface area contributed by atoms with Crippen molar-refractivity contribution < 1.29 is 4.79 Å². The SMILES string of the molecule is Cc1ccc(C)n1-c1ccc2c(c1)c(C(N)=O)nn2C. The molecule has 20 heavy (non-hydrogen) atoms. The van der Waals surface area contributed by atoms with Crippen molar-refractivity contribution in [1.29, 1.82) is 0 Å². The summed E-state index contributed by atoms with van der Waals surface area (Å²) in [6, 6.07) is 10.1. The molecule has 0 saturated carbocycles. The Morgan fingerprint density at radius 1 is 1.15 bits per heavy atom. The van der Waals surface area contributed by atoms with Crippen LogP contribution in [-0.2, 0) is 7.05 Å². The van der Waals surface area contributed by atoms with Crippen LogP contribution in [-0.4, -0.2) is 20.3 Å². The lowest BCUT2D eigenvalue weighted by Crippen LogP contribution is -2.12. The molecular weight excluding hydrogens is 252 g/mol. The summed E-state index contributed by atoms with van der Waals surface area (Å²) in [4.78, 5) is 11.5. The van der Waals surface area contributed by atoms with Crippen LogP contribution in [0.2, 0.25) is 0 Å². The predicted molar refractivity (Wildman–Crippen MR) is 78.0 cm³/mol. The minimum atomic E-state index is -0.506. The third-order valence-corrected chi connectivity index (χ3v) is 3.60. The normalized spacial score (nSPS) is 11.2. The summed E-state index contributed by atoms with van der Waals surface area (Å²) in [6.07, 6.45) is 0. The molecule has 2 N–H and O–H groups in total. The van der Waals surface area contributed by atoms with E-state index in [4.69, 9.17) is 5.73 Å². The number of primary amides is 1. The van der Waals surface area contributed by atoms with Gasteiger partial charge in [0.25, 0.3) is 5.91 Å². The summed E-state index contributed by atoms with van der Waals surface area (Å²) in [5.41, 5.74) is 9.90. The Labute approximate surface area is 116 Å². The maximum Gasteiger partial charge on any atom is 0.269 e. The lowest BCUT2D eigenvalue weighted by molar-refractivity contribution is 0.0996. The molecule has 0 fully saturated rings. The van der Waals surface area contributed by atoms with Gasteiger partial charge in [-0.15, -0.1) is 0 Å². The first-order valence-corrected chi connectivity index (χ1v) is 6.41. The van der Waals surface area contributed by atoms with Crippen LogP contribution < -0.4 is 5.73 Å². The number of aryl methyl sites for hydroxylation is 3. The topological polar surface area (TPSA) is 65.8 Å². The van der Waals surface area contributed by atoms with E-state index < -0.39 is 5.91 Å². The monoisotopic (exact) mass is 268 g/mol. The van der Waals surface area contributed by atoms with Gasteiger partial charge >= 0.3 is 0 Å². The van der Waals surface area contributed by atoms with Crippen molar-refractivity contribution in [1.82, 2.24) is 14.3 Å². The fourth-order valence-electron chi connectivity index (χ4n) is 2.65. The lowest BCUT2D eigenvalue weighted by Gasteiger charge is -2.09. The number of rotatable bonds is 2. The zero-order valence-electron chi connectivity index (χ0n) is 11.7. The van der Waals surface area contributed by atoms with Crippen molar-refractivity contribution in [3.8, 4) is 5.69 Å². The van der Waals surface area contributed by atoms with Gasteiger partial charge in [-0.05, 0) is 44.2 Å². The van der Waals surface area contributed by atoms with Crippen molar-refractivity contribution in [2.45, 2.75) is 13.8 Å². The second kappa shape index (κ2) is 4.23. The summed E-state index contributed by atoms with van der Waals surface area (Å²) < 4.78 is 3.81. The first-order chi connectivity index (χ1) is 9.49. The van der Waals surface area contributed by atoms with Gasteiger partial charge in [0.2, 0.25) is 0 Å². The molecule has 0 aliphatic rings. The van der Waals surface area contributed by atoms with Crippen LogP contribution in [0.25, 0.3) is 16.6 Å². The Kier molecular flexibility index (Phi) is 2.64. The summed E-state index contributed by atoms with van der Waals surface area (Å²) in [5, 5.41) is 4.97. The van der Waals surface area contributed by atoms with Crippen molar-refractivity contribution in [2.24, 2.45) is 12.8 Å². The molecular formula is C15H16N4O. The molecule has 102 valence electrons. The number of carbonyl (C=O) groups is 1. The van der Waals surface area contributed by atoms with Crippen LogP contribution >= 0.6 is 0 Å². The van der Waals surface area contributed by atoms with Crippen LogP contribution in [0.1, 0.15) is 21.9 Å². The highest BCUT2D eigenvalue weighted by Gasteiger charge is 2.14. The van der Waals surface area contributed by atoms with Crippen molar-refractivity contribution in [2.75, 3.05) is 0 Å². The molecule has 0 aliphatic carbocycles. The molecule has 0 bridgehead atoms. The van der Waals surface area contributed by atoms with E-state index in [1.807, 2.05) is 18.2 Å². The van der Waals surface area contributed by atoms with E-state index in [-0.39, 0.29) is 0 Å². The van der Waals surface area contributed by atoms with E-state index in [1.165, 1.54) is 0 Å². The Bertz CT molecular complexity index is 806. The van der Waals surface area contributed by atoms with Gasteiger partial charge in [0.05, 0.1) is 5.52 Å². The molecule has 5 heteroatoms. The van der Waals surface area contributed by atoms with Crippen LogP contribution in [0.4, 0.5) is 0 Å². The zero-order valence-corrected chi connectivity index (χ0v) is 11.7.